The summed E-state index contributed by atoms with van der Waals surface area (Å²) >= 11 is 3.52. The van der Waals surface area contributed by atoms with E-state index in [1.807, 2.05) is 12.1 Å². The molecule has 0 heterocycles. The molecule has 1 aromatic carbocycles. The number of carbonyl (C=O) groups is 1. The van der Waals surface area contributed by atoms with Gasteiger partial charge in [0.15, 0.2) is 0 Å². The number of ether oxygens (including phenoxy) is 1. The van der Waals surface area contributed by atoms with Crippen molar-refractivity contribution in [2.45, 2.75) is 26.8 Å². The smallest absolute Gasteiger partial charge is 0.225 e. The minimum absolute atomic E-state index is 0.0700. The number of hydrogen-bond donors (Lipinski definition) is 1. The number of nitrogens with zero attached hydrogens (tertiary/aromatic N) is 1. The standard InChI is InChI=1S/C16H25BrN2O2/c1-12(2)10-18-11-13-5-6-15(14(17)9-13)21-8-7-16(20)19(3)4/h5-6,9,12,18H,7-8,10-11H2,1-4H3. The van der Waals surface area contributed by atoms with E-state index in [0.29, 0.717) is 18.9 Å². The molecule has 1 amide bonds. The van der Waals surface area contributed by atoms with Crippen LogP contribution in [0.15, 0.2) is 22.7 Å². The van der Waals surface area contributed by atoms with Crippen molar-refractivity contribution in [1.82, 2.24) is 10.2 Å². The molecule has 4 nitrogen and oxygen atoms in total. The fraction of sp³-hybridized carbons (Fsp3) is 0.562. The van der Waals surface area contributed by atoms with Crippen molar-refractivity contribution in [2.24, 2.45) is 5.92 Å². The average molecular weight is 357 g/mol. The van der Waals surface area contributed by atoms with Gasteiger partial charge in [-0.25, -0.2) is 0 Å². The second-order valence-corrected chi connectivity index (χ2v) is 6.53. The molecule has 0 aliphatic carbocycles. The Balaban J connectivity index is 2.45. The van der Waals surface area contributed by atoms with Crippen LogP contribution in [0.1, 0.15) is 25.8 Å². The minimum Gasteiger partial charge on any atom is -0.492 e. The van der Waals surface area contributed by atoms with Crippen molar-refractivity contribution in [3.05, 3.63) is 28.2 Å². The van der Waals surface area contributed by atoms with Gasteiger partial charge in [0.2, 0.25) is 5.91 Å². The predicted molar refractivity (Wildman–Crippen MR) is 89.5 cm³/mol. The molecule has 0 radical (unpaired) electrons. The molecule has 0 aliphatic heterocycles. The van der Waals surface area contributed by atoms with Gasteiger partial charge in [0.1, 0.15) is 5.75 Å². The average Bonchev–Trinajstić information content (AvgIpc) is 2.40. The van der Waals surface area contributed by atoms with E-state index in [4.69, 9.17) is 4.74 Å². The molecule has 0 unspecified atom stereocenters. The maximum Gasteiger partial charge on any atom is 0.225 e. The van der Waals surface area contributed by atoms with E-state index < -0.39 is 0 Å². The Kier molecular flexibility index (Phi) is 7.75. The Hall–Kier alpha value is -1.07. The van der Waals surface area contributed by atoms with Crippen LogP contribution >= 0.6 is 15.9 Å². The third kappa shape index (κ3) is 6.96. The molecule has 0 saturated heterocycles. The van der Waals surface area contributed by atoms with Crippen molar-refractivity contribution >= 4 is 21.8 Å². The molecule has 0 aliphatic rings. The fourth-order valence-electron chi connectivity index (χ4n) is 1.75. The largest absolute Gasteiger partial charge is 0.492 e. The van der Waals surface area contributed by atoms with Gasteiger partial charge in [0.05, 0.1) is 17.5 Å². The first-order chi connectivity index (χ1) is 9.90. The zero-order chi connectivity index (χ0) is 15.8. The van der Waals surface area contributed by atoms with Gasteiger partial charge in [-0.05, 0) is 46.1 Å². The molecule has 21 heavy (non-hydrogen) atoms. The molecule has 1 aromatic rings. The monoisotopic (exact) mass is 356 g/mol. The first-order valence-electron chi connectivity index (χ1n) is 7.22. The number of carbonyl (C=O) groups excluding carboxylic acids is 1. The van der Waals surface area contributed by atoms with Gasteiger partial charge in [0.25, 0.3) is 0 Å². The Morgan fingerprint density at radius 2 is 2.10 bits per heavy atom. The van der Waals surface area contributed by atoms with E-state index in [1.54, 1.807) is 19.0 Å². The lowest BCUT2D eigenvalue weighted by Gasteiger charge is -2.13. The number of benzene rings is 1. The molecule has 1 N–H and O–H groups in total. The van der Waals surface area contributed by atoms with Crippen LogP contribution in [0.4, 0.5) is 0 Å². The molecule has 5 heteroatoms. The highest BCUT2D eigenvalue weighted by atomic mass is 79.9. The second kappa shape index (κ2) is 9.05. The summed E-state index contributed by atoms with van der Waals surface area (Å²) in [7, 11) is 3.49. The van der Waals surface area contributed by atoms with E-state index in [9.17, 15) is 4.79 Å². The summed E-state index contributed by atoms with van der Waals surface area (Å²) in [5.74, 6) is 1.49. The zero-order valence-electron chi connectivity index (χ0n) is 13.3. The lowest BCUT2D eigenvalue weighted by molar-refractivity contribution is -0.129. The third-order valence-corrected chi connectivity index (χ3v) is 3.57. The van der Waals surface area contributed by atoms with Crippen LogP contribution in [0, 0.1) is 5.92 Å². The van der Waals surface area contributed by atoms with Crippen LogP contribution < -0.4 is 10.1 Å². The lowest BCUT2D eigenvalue weighted by Crippen LogP contribution is -2.23. The summed E-state index contributed by atoms with van der Waals surface area (Å²) in [5, 5.41) is 3.41. The van der Waals surface area contributed by atoms with Gasteiger partial charge in [-0.3, -0.25) is 4.79 Å². The SMILES string of the molecule is CC(C)CNCc1ccc(OCCC(=O)N(C)C)c(Br)c1. The molecule has 1 rings (SSSR count). The first-order valence-corrected chi connectivity index (χ1v) is 8.01. The summed E-state index contributed by atoms with van der Waals surface area (Å²) in [4.78, 5) is 13.0. The van der Waals surface area contributed by atoms with Crippen molar-refractivity contribution in [3.8, 4) is 5.75 Å². The molecule has 0 atom stereocenters. The molecule has 0 saturated carbocycles. The van der Waals surface area contributed by atoms with Crippen molar-refractivity contribution in [1.29, 1.82) is 0 Å². The van der Waals surface area contributed by atoms with Crippen LogP contribution in [0.5, 0.6) is 5.75 Å². The fourth-order valence-corrected chi connectivity index (χ4v) is 2.29. The number of halogens is 1. The number of amides is 1. The maximum atomic E-state index is 11.5. The first kappa shape index (κ1) is 18.0. The summed E-state index contributed by atoms with van der Waals surface area (Å²) in [6.07, 6.45) is 0.386. The number of hydrogen-bond acceptors (Lipinski definition) is 3. The summed E-state index contributed by atoms with van der Waals surface area (Å²) in [5.41, 5.74) is 1.21. The maximum absolute atomic E-state index is 11.5. The minimum atomic E-state index is 0.0700. The molecule has 0 bridgehead atoms. The molecule has 118 valence electrons. The van der Waals surface area contributed by atoms with Crippen molar-refractivity contribution in [2.75, 3.05) is 27.2 Å². The van der Waals surface area contributed by atoms with E-state index in [2.05, 4.69) is 41.2 Å². The highest BCUT2D eigenvalue weighted by molar-refractivity contribution is 9.10. The van der Waals surface area contributed by atoms with E-state index in [1.165, 1.54) is 5.56 Å². The van der Waals surface area contributed by atoms with Crippen LogP contribution in [-0.2, 0) is 11.3 Å². The molecular weight excluding hydrogens is 332 g/mol. The third-order valence-electron chi connectivity index (χ3n) is 2.95. The van der Waals surface area contributed by atoms with Crippen LogP contribution in [0.3, 0.4) is 0 Å². The molecule has 0 fully saturated rings. The topological polar surface area (TPSA) is 41.6 Å². The summed E-state index contributed by atoms with van der Waals surface area (Å²) in [6.45, 7) is 6.61. The van der Waals surface area contributed by atoms with Gasteiger partial charge in [-0.2, -0.15) is 0 Å². The molecular formula is C16H25BrN2O2. The van der Waals surface area contributed by atoms with Gasteiger partial charge in [-0.1, -0.05) is 19.9 Å². The van der Waals surface area contributed by atoms with Crippen molar-refractivity contribution in [3.63, 3.8) is 0 Å². The zero-order valence-corrected chi connectivity index (χ0v) is 14.9. The predicted octanol–water partition coefficient (Wildman–Crippen LogP) is 3.05. The lowest BCUT2D eigenvalue weighted by atomic mass is 10.2. The quantitative estimate of drug-likeness (QED) is 0.778. The van der Waals surface area contributed by atoms with Gasteiger partial charge >= 0.3 is 0 Å². The van der Waals surface area contributed by atoms with Gasteiger partial charge in [0, 0.05) is 20.6 Å². The van der Waals surface area contributed by atoms with E-state index in [0.717, 1.165) is 23.3 Å². The highest BCUT2D eigenvalue weighted by Crippen LogP contribution is 2.26. The van der Waals surface area contributed by atoms with Gasteiger partial charge < -0.3 is 15.0 Å². The normalized spacial score (nSPS) is 10.8. The van der Waals surface area contributed by atoms with Gasteiger partial charge in [-0.15, -0.1) is 0 Å². The Morgan fingerprint density at radius 1 is 1.38 bits per heavy atom. The van der Waals surface area contributed by atoms with Crippen LogP contribution in [-0.4, -0.2) is 38.1 Å². The number of rotatable bonds is 8. The Morgan fingerprint density at radius 3 is 2.67 bits per heavy atom. The Bertz CT molecular complexity index is 462. The van der Waals surface area contributed by atoms with E-state index >= 15 is 0 Å². The second-order valence-electron chi connectivity index (χ2n) is 5.68. The van der Waals surface area contributed by atoms with Crippen LogP contribution in [0.2, 0.25) is 0 Å². The molecule has 0 spiro atoms. The van der Waals surface area contributed by atoms with Crippen LogP contribution in [0.25, 0.3) is 0 Å². The summed E-state index contributed by atoms with van der Waals surface area (Å²) in [6, 6.07) is 6.04. The highest BCUT2D eigenvalue weighted by Gasteiger charge is 2.06. The summed E-state index contributed by atoms with van der Waals surface area (Å²) < 4.78 is 6.56. The van der Waals surface area contributed by atoms with E-state index in [-0.39, 0.29) is 5.91 Å². The molecule has 0 aromatic heterocycles. The van der Waals surface area contributed by atoms with Crippen molar-refractivity contribution < 1.29 is 9.53 Å². The Labute approximate surface area is 136 Å². The number of nitrogens with one attached hydrogen (secondary N) is 1.